The van der Waals surface area contributed by atoms with Gasteiger partial charge in [0.05, 0.1) is 0 Å². The van der Waals surface area contributed by atoms with Crippen molar-refractivity contribution in [3.63, 3.8) is 0 Å². The van der Waals surface area contributed by atoms with Crippen LogP contribution in [-0.4, -0.2) is 33.9 Å². The van der Waals surface area contributed by atoms with Crippen molar-refractivity contribution in [2.45, 2.75) is 25.9 Å². The number of fused-ring (bicyclic) bond motifs is 1. The Balaban J connectivity index is 1.45. The Hall–Kier alpha value is -4.04. The van der Waals surface area contributed by atoms with Gasteiger partial charge in [-0.2, -0.15) is 0 Å². The molecule has 1 fully saturated rings. The molecule has 2 N–H and O–H groups in total. The Bertz CT molecular complexity index is 1370. The van der Waals surface area contributed by atoms with Gasteiger partial charge in [0, 0.05) is 29.6 Å². The van der Waals surface area contributed by atoms with Crippen LogP contribution >= 0.6 is 0 Å². The SMILES string of the molecule is Cc1ccn2c(NC(=O)c3cccc(NC(=O)C4CCCO4)c3)c(-c3ccc(F)cc3)nc2c1. The molecule has 0 radical (unpaired) electrons. The molecular weight excluding hydrogens is 435 g/mol. The average molecular weight is 458 g/mol. The maximum atomic E-state index is 13.5. The van der Waals surface area contributed by atoms with E-state index in [0.29, 0.717) is 47.0 Å². The Labute approximate surface area is 195 Å². The van der Waals surface area contributed by atoms with Crippen LogP contribution in [-0.2, 0) is 9.53 Å². The molecule has 8 heteroatoms. The summed E-state index contributed by atoms with van der Waals surface area (Å²) in [4.78, 5) is 30.3. The van der Waals surface area contributed by atoms with E-state index in [-0.39, 0.29) is 17.6 Å². The number of hydrogen-bond donors (Lipinski definition) is 2. The van der Waals surface area contributed by atoms with Crippen molar-refractivity contribution in [3.05, 3.63) is 83.8 Å². The molecule has 1 unspecified atom stereocenters. The van der Waals surface area contributed by atoms with Gasteiger partial charge in [-0.25, -0.2) is 9.37 Å². The highest BCUT2D eigenvalue weighted by molar-refractivity contribution is 6.07. The van der Waals surface area contributed by atoms with Crippen LogP contribution < -0.4 is 10.6 Å². The minimum Gasteiger partial charge on any atom is -0.368 e. The molecule has 2 amide bonds. The van der Waals surface area contributed by atoms with Crippen LogP contribution in [0.4, 0.5) is 15.9 Å². The number of rotatable bonds is 5. The summed E-state index contributed by atoms with van der Waals surface area (Å²) in [5.74, 6) is -0.457. The number of ether oxygens (including phenoxy) is 1. The van der Waals surface area contributed by atoms with E-state index in [9.17, 15) is 14.0 Å². The highest BCUT2D eigenvalue weighted by Crippen LogP contribution is 2.30. The molecule has 1 atom stereocenters. The first-order chi connectivity index (χ1) is 16.5. The lowest BCUT2D eigenvalue weighted by molar-refractivity contribution is -0.124. The van der Waals surface area contributed by atoms with Crippen molar-refractivity contribution in [2.24, 2.45) is 0 Å². The zero-order chi connectivity index (χ0) is 23.7. The molecular formula is C26H23FN4O3. The third-order valence-corrected chi connectivity index (χ3v) is 5.75. The number of carbonyl (C=O) groups excluding carboxylic acids is 2. The topological polar surface area (TPSA) is 84.7 Å². The van der Waals surface area contributed by atoms with E-state index in [1.54, 1.807) is 40.8 Å². The van der Waals surface area contributed by atoms with Crippen LogP contribution in [0.2, 0.25) is 0 Å². The molecule has 2 aromatic heterocycles. The summed E-state index contributed by atoms with van der Waals surface area (Å²) in [6.07, 6.45) is 2.91. The standard InChI is InChI=1S/C26H23FN4O3/c1-16-11-12-31-22(14-16)29-23(17-7-9-19(27)10-8-17)24(31)30-25(32)18-4-2-5-20(15-18)28-26(33)21-6-3-13-34-21/h2,4-5,7-12,14-15,21H,3,6,13H2,1H3,(H,28,33)(H,30,32). The van der Waals surface area contributed by atoms with Crippen LogP contribution in [0.5, 0.6) is 0 Å². The van der Waals surface area contributed by atoms with Crippen LogP contribution in [0.1, 0.15) is 28.8 Å². The lowest BCUT2D eigenvalue weighted by Gasteiger charge is -2.12. The minimum absolute atomic E-state index is 0.217. The molecule has 0 bridgehead atoms. The first-order valence-electron chi connectivity index (χ1n) is 11.1. The lowest BCUT2D eigenvalue weighted by atomic mass is 10.1. The van der Waals surface area contributed by atoms with Gasteiger partial charge in [-0.3, -0.25) is 14.0 Å². The number of hydrogen-bond acceptors (Lipinski definition) is 4. The predicted molar refractivity (Wildman–Crippen MR) is 127 cm³/mol. The van der Waals surface area contributed by atoms with Gasteiger partial charge in [-0.1, -0.05) is 6.07 Å². The molecule has 0 spiro atoms. The molecule has 2 aromatic carbocycles. The van der Waals surface area contributed by atoms with E-state index < -0.39 is 6.10 Å². The first kappa shape index (κ1) is 21.8. The van der Waals surface area contributed by atoms with E-state index in [1.165, 1.54) is 12.1 Å². The molecule has 1 aliphatic heterocycles. The highest BCUT2D eigenvalue weighted by Gasteiger charge is 2.24. The van der Waals surface area contributed by atoms with Gasteiger partial charge in [0.1, 0.15) is 29.1 Å². The fourth-order valence-corrected chi connectivity index (χ4v) is 4.00. The molecule has 4 aromatic rings. The number of amides is 2. The van der Waals surface area contributed by atoms with Crippen molar-refractivity contribution in [1.82, 2.24) is 9.38 Å². The third kappa shape index (κ3) is 4.40. The number of pyridine rings is 1. The summed E-state index contributed by atoms with van der Waals surface area (Å²) in [5, 5.41) is 5.77. The number of halogens is 1. The van der Waals surface area contributed by atoms with Gasteiger partial charge in [0.2, 0.25) is 0 Å². The lowest BCUT2D eigenvalue weighted by Crippen LogP contribution is -2.27. The summed E-state index contributed by atoms with van der Waals surface area (Å²) >= 11 is 0. The molecule has 1 aliphatic rings. The van der Waals surface area contributed by atoms with Crippen molar-refractivity contribution in [3.8, 4) is 11.3 Å². The van der Waals surface area contributed by atoms with Gasteiger partial charge < -0.3 is 15.4 Å². The van der Waals surface area contributed by atoms with Gasteiger partial charge >= 0.3 is 0 Å². The average Bonchev–Trinajstić information content (AvgIpc) is 3.48. The number of nitrogens with one attached hydrogen (secondary N) is 2. The fraction of sp³-hybridized carbons (Fsp3) is 0.192. The first-order valence-corrected chi connectivity index (χ1v) is 11.1. The number of aryl methyl sites for hydroxylation is 1. The van der Waals surface area contributed by atoms with E-state index >= 15 is 0 Å². The highest BCUT2D eigenvalue weighted by atomic mass is 19.1. The fourth-order valence-electron chi connectivity index (χ4n) is 4.00. The Morgan fingerprint density at radius 2 is 1.91 bits per heavy atom. The Morgan fingerprint density at radius 3 is 2.68 bits per heavy atom. The zero-order valence-electron chi connectivity index (χ0n) is 18.5. The smallest absolute Gasteiger partial charge is 0.256 e. The number of carbonyl (C=O) groups is 2. The third-order valence-electron chi connectivity index (χ3n) is 5.75. The summed E-state index contributed by atoms with van der Waals surface area (Å²) in [6, 6.07) is 16.5. The minimum atomic E-state index is -0.461. The number of imidazole rings is 1. The summed E-state index contributed by atoms with van der Waals surface area (Å²) in [7, 11) is 0. The second-order valence-corrected chi connectivity index (χ2v) is 8.27. The van der Waals surface area contributed by atoms with E-state index in [2.05, 4.69) is 15.6 Å². The van der Waals surface area contributed by atoms with Crippen molar-refractivity contribution >= 4 is 29.0 Å². The van der Waals surface area contributed by atoms with E-state index in [0.717, 1.165) is 12.0 Å². The van der Waals surface area contributed by atoms with Crippen molar-refractivity contribution in [2.75, 3.05) is 17.2 Å². The molecule has 172 valence electrons. The summed E-state index contributed by atoms with van der Waals surface area (Å²) in [5.41, 5.74) is 3.78. The Kier molecular flexibility index (Phi) is 5.81. The second-order valence-electron chi connectivity index (χ2n) is 8.27. The van der Waals surface area contributed by atoms with Gasteiger partial charge in [0.25, 0.3) is 11.8 Å². The maximum absolute atomic E-state index is 13.5. The quantitative estimate of drug-likeness (QED) is 0.449. The number of benzene rings is 2. The van der Waals surface area contributed by atoms with Crippen LogP contribution in [0, 0.1) is 12.7 Å². The van der Waals surface area contributed by atoms with Gasteiger partial charge in [-0.05, 0) is 79.9 Å². The maximum Gasteiger partial charge on any atom is 0.256 e. The van der Waals surface area contributed by atoms with Gasteiger partial charge in [0.15, 0.2) is 0 Å². The van der Waals surface area contributed by atoms with Gasteiger partial charge in [-0.15, -0.1) is 0 Å². The van der Waals surface area contributed by atoms with Crippen LogP contribution in [0.25, 0.3) is 16.9 Å². The van der Waals surface area contributed by atoms with Crippen LogP contribution in [0.15, 0.2) is 66.9 Å². The van der Waals surface area contributed by atoms with E-state index in [1.807, 2.05) is 25.3 Å². The molecule has 0 aliphatic carbocycles. The predicted octanol–water partition coefficient (Wildman–Crippen LogP) is 4.82. The summed E-state index contributed by atoms with van der Waals surface area (Å²) in [6.45, 7) is 2.54. The molecule has 0 saturated carbocycles. The molecule has 34 heavy (non-hydrogen) atoms. The molecule has 1 saturated heterocycles. The normalized spacial score (nSPS) is 15.4. The monoisotopic (exact) mass is 458 g/mol. The zero-order valence-corrected chi connectivity index (χ0v) is 18.5. The largest absolute Gasteiger partial charge is 0.368 e. The molecule has 5 rings (SSSR count). The number of nitrogens with zero attached hydrogens (tertiary/aromatic N) is 2. The summed E-state index contributed by atoms with van der Waals surface area (Å²) < 4.78 is 20.7. The van der Waals surface area contributed by atoms with Crippen molar-refractivity contribution < 1.29 is 18.7 Å². The number of aromatic nitrogens is 2. The Morgan fingerprint density at radius 1 is 1.09 bits per heavy atom. The number of anilines is 2. The van der Waals surface area contributed by atoms with Crippen LogP contribution in [0.3, 0.4) is 0 Å². The van der Waals surface area contributed by atoms with E-state index in [4.69, 9.17) is 4.74 Å². The molecule has 3 heterocycles. The second kappa shape index (κ2) is 9.07. The molecule has 7 nitrogen and oxygen atoms in total. The van der Waals surface area contributed by atoms with Crippen molar-refractivity contribution in [1.29, 1.82) is 0 Å².